The Kier molecular flexibility index (Phi) is 5.71. The lowest BCUT2D eigenvalue weighted by Gasteiger charge is -2.55. The van der Waals surface area contributed by atoms with Crippen LogP contribution in [0.1, 0.15) is 71.3 Å². The quantitative estimate of drug-likeness (QED) is 0.373. The molecule has 5 atom stereocenters. The molecule has 0 amide bonds. The molecule has 0 N–H and O–H groups in total. The molecule has 0 aliphatic heterocycles. The minimum Gasteiger partial charge on any atom is -0.494 e. The van der Waals surface area contributed by atoms with E-state index in [-0.39, 0.29) is 16.6 Å². The van der Waals surface area contributed by atoms with Crippen molar-refractivity contribution in [3.8, 4) is 5.75 Å². The summed E-state index contributed by atoms with van der Waals surface area (Å²) in [6.07, 6.45) is 15.1. The van der Waals surface area contributed by atoms with Crippen molar-refractivity contribution in [2.24, 2.45) is 28.6 Å². The highest BCUT2D eigenvalue weighted by molar-refractivity contribution is 6.06. The highest BCUT2D eigenvalue weighted by Crippen LogP contribution is 2.64. The zero-order chi connectivity index (χ0) is 23.2. The molecule has 0 unspecified atom stereocenters. The minimum absolute atomic E-state index is 0.0265. The number of fused-ring (bicyclic) bond motifs is 5. The Morgan fingerprint density at radius 2 is 1.88 bits per heavy atom. The lowest BCUT2D eigenvalue weighted by molar-refractivity contribution is -0.129. The number of carbonyl (C=O) groups excluding carboxylic acids is 2. The summed E-state index contributed by atoms with van der Waals surface area (Å²) < 4.78 is 5.79. The predicted octanol–water partition coefficient (Wildman–Crippen LogP) is 6.74. The summed E-state index contributed by atoms with van der Waals surface area (Å²) in [4.78, 5) is 25.6. The molecule has 1 aromatic rings. The topological polar surface area (TPSA) is 43.4 Å². The van der Waals surface area contributed by atoms with Crippen molar-refractivity contribution in [3.05, 3.63) is 59.2 Å². The van der Waals surface area contributed by atoms with Gasteiger partial charge in [0, 0.05) is 10.8 Å². The fourth-order valence-electron chi connectivity index (χ4n) is 7.19. The number of ketones is 2. The molecule has 4 aliphatic rings. The summed E-state index contributed by atoms with van der Waals surface area (Å²) in [7, 11) is 0. The first-order chi connectivity index (χ1) is 15.8. The van der Waals surface area contributed by atoms with Crippen LogP contribution >= 0.6 is 0 Å². The van der Waals surface area contributed by atoms with Crippen molar-refractivity contribution in [1.82, 2.24) is 0 Å². The molecule has 3 fully saturated rings. The Balaban J connectivity index is 1.37. The molecule has 4 aliphatic carbocycles. The number of rotatable bonds is 5. The number of ether oxygens (including phenoxy) is 1. The lowest BCUT2D eigenvalue weighted by atomic mass is 9.48. The van der Waals surface area contributed by atoms with Gasteiger partial charge in [0.15, 0.2) is 11.6 Å². The summed E-state index contributed by atoms with van der Waals surface area (Å²) >= 11 is 0. The van der Waals surface area contributed by atoms with Crippen molar-refractivity contribution in [3.63, 3.8) is 0 Å². The number of benzene rings is 1. The maximum Gasteiger partial charge on any atom is 0.178 e. The molecule has 5 rings (SSSR count). The van der Waals surface area contributed by atoms with Crippen LogP contribution < -0.4 is 4.74 Å². The molecule has 0 saturated heterocycles. The number of carbonyl (C=O) groups is 2. The third kappa shape index (κ3) is 3.74. The van der Waals surface area contributed by atoms with Gasteiger partial charge < -0.3 is 4.74 Å². The van der Waals surface area contributed by atoms with Gasteiger partial charge in [-0.3, -0.25) is 9.59 Å². The SMILES string of the molecule is CCCCOc1ccc(/C=C2\C[C@H]3[C@@H]4CCC5=CC(=O)C=C[C@]5(C)[C@H]4CC[C@]3(C)C2=O)cc1. The summed E-state index contributed by atoms with van der Waals surface area (Å²) in [5.74, 6) is 2.83. The molecule has 33 heavy (non-hydrogen) atoms. The highest BCUT2D eigenvalue weighted by atomic mass is 16.5. The molecule has 0 bridgehead atoms. The minimum atomic E-state index is -0.248. The molecule has 3 heteroatoms. The van der Waals surface area contributed by atoms with Crippen LogP contribution in [0.5, 0.6) is 5.75 Å². The number of unbranched alkanes of at least 4 members (excludes halogenated alkanes) is 1. The molecule has 0 spiro atoms. The molecule has 174 valence electrons. The largest absolute Gasteiger partial charge is 0.494 e. The van der Waals surface area contributed by atoms with Gasteiger partial charge in [-0.25, -0.2) is 0 Å². The van der Waals surface area contributed by atoms with E-state index in [9.17, 15) is 9.59 Å². The average molecular weight is 445 g/mol. The van der Waals surface area contributed by atoms with Crippen molar-refractivity contribution in [2.75, 3.05) is 6.61 Å². The number of hydrogen-bond donors (Lipinski definition) is 0. The maximum atomic E-state index is 13.6. The van der Waals surface area contributed by atoms with E-state index in [0.29, 0.717) is 23.5 Å². The fraction of sp³-hybridized carbons (Fsp3) is 0.533. The van der Waals surface area contributed by atoms with E-state index in [2.05, 4.69) is 45.1 Å². The van der Waals surface area contributed by atoms with Gasteiger partial charge in [0.1, 0.15) is 5.75 Å². The monoisotopic (exact) mass is 444 g/mol. The van der Waals surface area contributed by atoms with Crippen molar-refractivity contribution >= 4 is 17.6 Å². The molecule has 0 heterocycles. The zero-order valence-corrected chi connectivity index (χ0v) is 20.2. The fourth-order valence-corrected chi connectivity index (χ4v) is 7.19. The first-order valence-corrected chi connectivity index (χ1v) is 12.8. The van der Waals surface area contributed by atoms with Crippen LogP contribution in [0.15, 0.2) is 53.6 Å². The summed E-state index contributed by atoms with van der Waals surface area (Å²) in [6, 6.07) is 8.16. The summed E-state index contributed by atoms with van der Waals surface area (Å²) in [5.41, 5.74) is 3.10. The molecule has 0 aromatic heterocycles. The van der Waals surface area contributed by atoms with Crippen molar-refractivity contribution in [1.29, 1.82) is 0 Å². The second-order valence-corrected chi connectivity index (χ2v) is 11.0. The Labute approximate surface area is 198 Å². The number of Topliss-reactive ketones (excluding diaryl/α,β-unsaturated/α-hetero) is 1. The molecule has 3 saturated carbocycles. The lowest BCUT2D eigenvalue weighted by Crippen LogP contribution is -2.49. The van der Waals surface area contributed by atoms with E-state index in [1.54, 1.807) is 6.08 Å². The number of hydrogen-bond acceptors (Lipinski definition) is 3. The van der Waals surface area contributed by atoms with Gasteiger partial charge in [0.05, 0.1) is 6.61 Å². The van der Waals surface area contributed by atoms with E-state index in [4.69, 9.17) is 4.74 Å². The third-order valence-electron chi connectivity index (χ3n) is 9.18. The molecule has 0 radical (unpaired) electrons. The zero-order valence-electron chi connectivity index (χ0n) is 20.2. The van der Waals surface area contributed by atoms with E-state index in [1.165, 1.54) is 5.57 Å². The number of allylic oxidation sites excluding steroid dienone is 5. The van der Waals surface area contributed by atoms with Gasteiger partial charge in [-0.05, 0) is 97.8 Å². The van der Waals surface area contributed by atoms with E-state index >= 15 is 0 Å². The Hall–Kier alpha value is -2.42. The van der Waals surface area contributed by atoms with Gasteiger partial charge in [0.2, 0.25) is 0 Å². The van der Waals surface area contributed by atoms with Gasteiger partial charge >= 0.3 is 0 Å². The normalized spacial score (nSPS) is 36.3. The Morgan fingerprint density at radius 3 is 2.64 bits per heavy atom. The predicted molar refractivity (Wildman–Crippen MR) is 132 cm³/mol. The molecular formula is C30H36O3. The van der Waals surface area contributed by atoms with Crippen molar-refractivity contribution < 1.29 is 14.3 Å². The van der Waals surface area contributed by atoms with Crippen LogP contribution in [0, 0.1) is 28.6 Å². The van der Waals surface area contributed by atoms with E-state index in [0.717, 1.165) is 68.4 Å². The van der Waals surface area contributed by atoms with Gasteiger partial charge in [-0.1, -0.05) is 51.0 Å². The van der Waals surface area contributed by atoms with Gasteiger partial charge in [-0.2, -0.15) is 0 Å². The third-order valence-corrected chi connectivity index (χ3v) is 9.18. The summed E-state index contributed by atoms with van der Waals surface area (Å²) in [6.45, 7) is 7.44. The maximum absolute atomic E-state index is 13.6. The smallest absolute Gasteiger partial charge is 0.178 e. The molecule has 1 aromatic carbocycles. The Bertz CT molecular complexity index is 1040. The molecule has 3 nitrogen and oxygen atoms in total. The summed E-state index contributed by atoms with van der Waals surface area (Å²) in [5, 5.41) is 0. The second-order valence-electron chi connectivity index (χ2n) is 11.0. The average Bonchev–Trinajstić information content (AvgIpc) is 3.06. The Morgan fingerprint density at radius 1 is 1.09 bits per heavy atom. The standard InChI is InChI=1S/C30H36O3/c1-4-5-16-33-24-9-6-20(7-10-24)17-21-18-27-25-11-8-22-19-23(31)12-14-29(22,2)26(25)13-15-30(27,3)28(21)32/h6-7,9-10,12,14,17,19,25-27H,4-5,8,11,13,15-16,18H2,1-3H3/b21-17+/t25-,26+,27+,29+,30+/m1/s1. The van der Waals surface area contributed by atoms with E-state index < -0.39 is 0 Å². The molecular weight excluding hydrogens is 408 g/mol. The second kappa shape index (κ2) is 8.42. The van der Waals surface area contributed by atoms with Crippen LogP contribution in [0.4, 0.5) is 0 Å². The highest BCUT2D eigenvalue weighted by Gasteiger charge is 2.59. The van der Waals surface area contributed by atoms with Crippen LogP contribution in [-0.2, 0) is 9.59 Å². The van der Waals surface area contributed by atoms with E-state index in [1.807, 2.05) is 18.2 Å². The van der Waals surface area contributed by atoms with Crippen LogP contribution in [0.3, 0.4) is 0 Å². The van der Waals surface area contributed by atoms with Gasteiger partial charge in [-0.15, -0.1) is 0 Å². The van der Waals surface area contributed by atoms with Gasteiger partial charge in [0.25, 0.3) is 0 Å². The first kappa shape index (κ1) is 22.4. The first-order valence-electron chi connectivity index (χ1n) is 12.8. The van der Waals surface area contributed by atoms with Crippen LogP contribution in [-0.4, -0.2) is 18.2 Å². The van der Waals surface area contributed by atoms with Crippen LogP contribution in [0.2, 0.25) is 0 Å². The van der Waals surface area contributed by atoms with Crippen molar-refractivity contribution in [2.45, 2.75) is 65.7 Å². The van der Waals surface area contributed by atoms with Crippen LogP contribution in [0.25, 0.3) is 6.08 Å².